The van der Waals surface area contributed by atoms with Crippen LogP contribution < -0.4 is 15.9 Å². The number of nitrogens with one attached hydrogen (secondary N) is 1. The number of aryl methyl sites for hydroxylation is 1. The molecule has 0 aliphatic carbocycles. The Morgan fingerprint density at radius 1 is 1.08 bits per heavy atom. The van der Waals surface area contributed by atoms with E-state index in [2.05, 4.69) is 60.0 Å². The minimum absolute atomic E-state index is 0.0172. The first-order valence-electron chi connectivity index (χ1n) is 11.1. The number of amides is 1. The highest BCUT2D eigenvalue weighted by Crippen LogP contribution is 2.21. The van der Waals surface area contributed by atoms with E-state index in [1.807, 2.05) is 42.5 Å². The quantitative estimate of drug-likeness (QED) is 0.265. The number of nitrogens with zero attached hydrogens (tertiary/aromatic N) is 6. The first-order chi connectivity index (χ1) is 17.5. The monoisotopic (exact) mass is 482 g/mol. The van der Waals surface area contributed by atoms with Gasteiger partial charge in [-0.15, -0.1) is 5.10 Å². The molecule has 0 atom stereocenters. The third-order valence-electron chi connectivity index (χ3n) is 5.62. The van der Waals surface area contributed by atoms with E-state index >= 15 is 0 Å². The lowest BCUT2D eigenvalue weighted by atomic mass is 10.1. The summed E-state index contributed by atoms with van der Waals surface area (Å²) in [7, 11) is 0. The standard InChI is InChI=1S/C25H22N8O3/c1-15(27-29-25(34)22-16(2)28-32-33(22)24-23(26)30-36-31-24)17-10-12-20(13-11-17)35-14-19-8-5-7-18-6-3-4-9-21(18)19/h3-13H,14H2,1-2H3,(H2,26,30)(H,29,34)/b27-15-. The van der Waals surface area contributed by atoms with Crippen LogP contribution in [0.1, 0.15) is 34.2 Å². The maximum atomic E-state index is 12.8. The van der Waals surface area contributed by atoms with Crippen LogP contribution in [0, 0.1) is 6.92 Å². The van der Waals surface area contributed by atoms with Gasteiger partial charge in [-0.25, -0.2) is 10.1 Å². The van der Waals surface area contributed by atoms with E-state index < -0.39 is 5.91 Å². The number of ether oxygens (including phenoxy) is 1. The molecule has 5 rings (SSSR count). The van der Waals surface area contributed by atoms with E-state index in [9.17, 15) is 4.79 Å². The van der Waals surface area contributed by atoms with Crippen molar-refractivity contribution in [2.24, 2.45) is 5.10 Å². The lowest BCUT2D eigenvalue weighted by molar-refractivity contribution is 0.0946. The number of nitrogens with two attached hydrogens (primary N) is 1. The number of hydrazone groups is 1. The van der Waals surface area contributed by atoms with Crippen molar-refractivity contribution in [2.75, 3.05) is 5.73 Å². The van der Waals surface area contributed by atoms with Gasteiger partial charge in [0.25, 0.3) is 5.91 Å². The average Bonchev–Trinajstić information content (AvgIpc) is 3.50. The van der Waals surface area contributed by atoms with E-state index in [4.69, 9.17) is 10.5 Å². The summed E-state index contributed by atoms with van der Waals surface area (Å²) in [5.74, 6) is 0.249. The minimum atomic E-state index is -0.533. The van der Waals surface area contributed by atoms with Gasteiger partial charge < -0.3 is 10.5 Å². The van der Waals surface area contributed by atoms with Crippen LogP contribution in [-0.4, -0.2) is 36.9 Å². The van der Waals surface area contributed by atoms with E-state index in [1.165, 1.54) is 10.8 Å². The predicted octanol–water partition coefficient (Wildman–Crippen LogP) is 3.43. The molecule has 0 fully saturated rings. The molecule has 0 spiro atoms. The fourth-order valence-corrected chi connectivity index (χ4v) is 3.73. The third-order valence-corrected chi connectivity index (χ3v) is 5.62. The van der Waals surface area contributed by atoms with Gasteiger partial charge in [0.05, 0.1) is 11.4 Å². The maximum absolute atomic E-state index is 12.8. The number of aromatic nitrogens is 5. The highest BCUT2D eigenvalue weighted by molar-refractivity contribution is 6.01. The first kappa shape index (κ1) is 22.7. The topological polar surface area (TPSA) is 146 Å². The van der Waals surface area contributed by atoms with Crippen LogP contribution in [0.3, 0.4) is 0 Å². The molecule has 0 saturated carbocycles. The fraction of sp³-hybridized carbons (Fsp3) is 0.120. The number of rotatable bonds is 7. The van der Waals surface area contributed by atoms with E-state index in [1.54, 1.807) is 13.8 Å². The van der Waals surface area contributed by atoms with E-state index in [-0.39, 0.29) is 17.3 Å². The van der Waals surface area contributed by atoms with Crippen molar-refractivity contribution in [3.63, 3.8) is 0 Å². The molecule has 3 aromatic carbocycles. The van der Waals surface area contributed by atoms with Crippen LogP contribution in [0.15, 0.2) is 76.5 Å². The second kappa shape index (κ2) is 9.66. The Labute approximate surface area is 205 Å². The minimum Gasteiger partial charge on any atom is -0.489 e. The van der Waals surface area contributed by atoms with Gasteiger partial charge in [-0.3, -0.25) is 4.79 Å². The molecule has 3 N–H and O–H groups in total. The molecule has 11 nitrogen and oxygen atoms in total. The van der Waals surface area contributed by atoms with Gasteiger partial charge in [0.15, 0.2) is 5.69 Å². The highest BCUT2D eigenvalue weighted by Gasteiger charge is 2.23. The molecule has 0 saturated heterocycles. The molecule has 36 heavy (non-hydrogen) atoms. The summed E-state index contributed by atoms with van der Waals surface area (Å²) in [6.07, 6.45) is 0. The SMILES string of the molecule is C/C(=N/NC(=O)c1c(C)nnn1-c1nonc1N)c1ccc(OCc2cccc3ccccc23)cc1. The number of fused-ring (bicyclic) bond motifs is 1. The van der Waals surface area contributed by atoms with Crippen molar-refractivity contribution in [3.8, 4) is 11.6 Å². The largest absolute Gasteiger partial charge is 0.489 e. The highest BCUT2D eigenvalue weighted by atomic mass is 16.6. The lowest BCUT2D eigenvalue weighted by Gasteiger charge is -2.10. The van der Waals surface area contributed by atoms with E-state index in [0.717, 1.165) is 21.6 Å². The zero-order valence-electron chi connectivity index (χ0n) is 19.5. The van der Waals surface area contributed by atoms with Gasteiger partial charge >= 0.3 is 0 Å². The van der Waals surface area contributed by atoms with Gasteiger partial charge in [-0.05, 0) is 70.3 Å². The van der Waals surface area contributed by atoms with Crippen LogP contribution >= 0.6 is 0 Å². The van der Waals surface area contributed by atoms with Crippen molar-refractivity contribution < 1.29 is 14.2 Å². The molecule has 5 aromatic rings. The second-order valence-corrected chi connectivity index (χ2v) is 8.00. The van der Waals surface area contributed by atoms with Crippen molar-refractivity contribution in [1.29, 1.82) is 0 Å². The molecular formula is C25H22N8O3. The van der Waals surface area contributed by atoms with Crippen molar-refractivity contribution in [3.05, 3.63) is 89.2 Å². The summed E-state index contributed by atoms with van der Waals surface area (Å²) in [6.45, 7) is 3.88. The Morgan fingerprint density at radius 2 is 1.86 bits per heavy atom. The molecule has 11 heteroatoms. The van der Waals surface area contributed by atoms with Crippen LogP contribution in [0.5, 0.6) is 5.75 Å². The van der Waals surface area contributed by atoms with Gasteiger partial charge in [-0.2, -0.15) is 9.78 Å². The normalized spacial score (nSPS) is 11.6. The average molecular weight is 483 g/mol. The second-order valence-electron chi connectivity index (χ2n) is 8.00. The summed E-state index contributed by atoms with van der Waals surface area (Å²) in [6, 6.07) is 21.9. The Kier molecular flexibility index (Phi) is 6.10. The van der Waals surface area contributed by atoms with Crippen LogP contribution in [0.25, 0.3) is 16.6 Å². The molecule has 2 heterocycles. The lowest BCUT2D eigenvalue weighted by Crippen LogP contribution is -2.24. The van der Waals surface area contributed by atoms with E-state index in [0.29, 0.717) is 18.0 Å². The predicted molar refractivity (Wildman–Crippen MR) is 133 cm³/mol. The number of carbonyl (C=O) groups excluding carboxylic acids is 1. The van der Waals surface area contributed by atoms with Crippen molar-refractivity contribution in [1.82, 2.24) is 30.7 Å². The molecule has 1 amide bonds. The number of hydrogen-bond donors (Lipinski definition) is 2. The number of anilines is 1. The Morgan fingerprint density at radius 3 is 2.64 bits per heavy atom. The molecule has 0 aliphatic heterocycles. The smallest absolute Gasteiger partial charge is 0.292 e. The van der Waals surface area contributed by atoms with Crippen LogP contribution in [-0.2, 0) is 6.61 Å². The van der Waals surface area contributed by atoms with Crippen LogP contribution in [0.2, 0.25) is 0 Å². The van der Waals surface area contributed by atoms with Gasteiger partial charge in [-0.1, -0.05) is 47.7 Å². The fourth-order valence-electron chi connectivity index (χ4n) is 3.73. The molecule has 180 valence electrons. The van der Waals surface area contributed by atoms with Crippen molar-refractivity contribution >= 4 is 28.2 Å². The van der Waals surface area contributed by atoms with Gasteiger partial charge in [0.1, 0.15) is 12.4 Å². The number of nitrogen functional groups attached to an aromatic ring is 1. The summed E-state index contributed by atoms with van der Waals surface area (Å²) in [5, 5.41) is 21.5. The summed E-state index contributed by atoms with van der Waals surface area (Å²) < 4.78 is 11.7. The summed E-state index contributed by atoms with van der Waals surface area (Å²) in [5.41, 5.74) is 11.3. The van der Waals surface area contributed by atoms with Crippen molar-refractivity contribution in [2.45, 2.75) is 20.5 Å². The van der Waals surface area contributed by atoms with Gasteiger partial charge in [0, 0.05) is 0 Å². The Bertz CT molecular complexity index is 1560. The molecule has 0 bridgehead atoms. The van der Waals surface area contributed by atoms with Gasteiger partial charge in [0.2, 0.25) is 11.6 Å². The first-order valence-corrected chi connectivity index (χ1v) is 11.1. The molecule has 0 unspecified atom stereocenters. The maximum Gasteiger partial charge on any atom is 0.292 e. The number of hydrogen-bond acceptors (Lipinski definition) is 9. The molecule has 0 aliphatic rings. The zero-order valence-corrected chi connectivity index (χ0v) is 19.5. The summed E-state index contributed by atoms with van der Waals surface area (Å²) in [4.78, 5) is 12.8. The molecule has 0 radical (unpaired) electrons. The third kappa shape index (κ3) is 4.49. The summed E-state index contributed by atoms with van der Waals surface area (Å²) >= 11 is 0. The number of carbonyl (C=O) groups is 1. The Balaban J connectivity index is 1.25. The molecule has 2 aromatic heterocycles. The Hall–Kier alpha value is -5.06. The number of benzene rings is 3. The zero-order chi connectivity index (χ0) is 25.1. The molecular weight excluding hydrogens is 460 g/mol. The van der Waals surface area contributed by atoms with Crippen LogP contribution in [0.4, 0.5) is 5.82 Å².